The molecule has 1 heteroatoms. The minimum absolute atomic E-state index is 0.0230. The zero-order valence-corrected chi connectivity index (χ0v) is 9.84. The van der Waals surface area contributed by atoms with Gasteiger partial charge in [-0.3, -0.25) is 0 Å². The first-order chi connectivity index (χ1) is 6.44. The predicted octanol–water partition coefficient (Wildman–Crippen LogP) is 3.36. The third-order valence-corrected chi connectivity index (χ3v) is 4.84. The summed E-state index contributed by atoms with van der Waals surface area (Å²) in [5, 5.41) is 9.78. The fourth-order valence-corrected chi connectivity index (χ4v) is 4.22. The minimum atomic E-state index is -0.0230. The van der Waals surface area contributed by atoms with Crippen molar-refractivity contribution in [3.63, 3.8) is 0 Å². The zero-order chi connectivity index (χ0) is 10.4. The summed E-state index contributed by atoms with van der Waals surface area (Å²) in [6, 6.07) is 0. The van der Waals surface area contributed by atoms with Crippen molar-refractivity contribution in [2.45, 2.75) is 65.4 Å². The fourth-order valence-electron chi connectivity index (χ4n) is 4.22. The predicted molar refractivity (Wildman–Crippen MR) is 59.1 cm³/mol. The minimum Gasteiger partial charge on any atom is -0.393 e. The van der Waals surface area contributed by atoms with Crippen LogP contribution in [0.3, 0.4) is 0 Å². The first-order valence-corrected chi connectivity index (χ1v) is 6.12. The first-order valence-electron chi connectivity index (χ1n) is 6.12. The quantitative estimate of drug-likeness (QED) is 0.630. The summed E-state index contributed by atoms with van der Waals surface area (Å²) in [5.41, 5.74) is 0.937. The van der Waals surface area contributed by atoms with Crippen LogP contribution in [0.1, 0.15) is 59.3 Å². The molecule has 0 aromatic rings. The molecule has 1 N–H and O–H groups in total. The van der Waals surface area contributed by atoms with Gasteiger partial charge in [0, 0.05) is 0 Å². The van der Waals surface area contributed by atoms with Gasteiger partial charge in [0.1, 0.15) is 0 Å². The standard InChI is InChI=1S/C13H24O/c1-12(2)7-4-8-13(3)9-10(14)5-6-11(12)13/h10-11,14H,4-9H2,1-3H3/t10-,11-,13+/m0/s1. The second-order valence-electron chi connectivity index (χ2n) is 6.48. The Morgan fingerprint density at radius 3 is 2.50 bits per heavy atom. The van der Waals surface area contributed by atoms with Crippen LogP contribution < -0.4 is 0 Å². The van der Waals surface area contributed by atoms with E-state index in [1.54, 1.807) is 0 Å². The highest BCUT2D eigenvalue weighted by molar-refractivity contribution is 4.99. The van der Waals surface area contributed by atoms with E-state index >= 15 is 0 Å². The topological polar surface area (TPSA) is 20.2 Å². The normalized spacial score (nSPS) is 47.1. The first kappa shape index (κ1) is 10.5. The molecule has 0 aliphatic heterocycles. The van der Waals surface area contributed by atoms with Crippen LogP contribution in [0, 0.1) is 16.7 Å². The van der Waals surface area contributed by atoms with E-state index < -0.39 is 0 Å². The maximum Gasteiger partial charge on any atom is 0.0545 e. The van der Waals surface area contributed by atoms with Gasteiger partial charge in [0.05, 0.1) is 6.10 Å². The monoisotopic (exact) mass is 196 g/mol. The molecule has 0 radical (unpaired) electrons. The lowest BCUT2D eigenvalue weighted by Gasteiger charge is -2.54. The molecule has 0 unspecified atom stereocenters. The van der Waals surface area contributed by atoms with Crippen molar-refractivity contribution >= 4 is 0 Å². The van der Waals surface area contributed by atoms with E-state index in [4.69, 9.17) is 0 Å². The lowest BCUT2D eigenvalue weighted by molar-refractivity contribution is -0.0731. The maximum absolute atomic E-state index is 9.78. The molecule has 0 saturated heterocycles. The van der Waals surface area contributed by atoms with Gasteiger partial charge in [-0.2, -0.15) is 0 Å². The Balaban J connectivity index is 2.21. The van der Waals surface area contributed by atoms with Gasteiger partial charge in [0.2, 0.25) is 0 Å². The Morgan fingerprint density at radius 1 is 1.07 bits per heavy atom. The van der Waals surface area contributed by atoms with Crippen LogP contribution in [0.15, 0.2) is 0 Å². The number of aliphatic hydroxyl groups excluding tert-OH is 1. The summed E-state index contributed by atoms with van der Waals surface area (Å²) < 4.78 is 0. The molecule has 14 heavy (non-hydrogen) atoms. The molecule has 2 aliphatic carbocycles. The molecule has 0 spiro atoms. The van der Waals surface area contributed by atoms with Gasteiger partial charge in [0.25, 0.3) is 0 Å². The van der Waals surface area contributed by atoms with Gasteiger partial charge in [-0.15, -0.1) is 0 Å². The Kier molecular flexibility index (Phi) is 2.42. The highest BCUT2D eigenvalue weighted by Crippen LogP contribution is 2.57. The van der Waals surface area contributed by atoms with Crippen molar-refractivity contribution in [2.24, 2.45) is 16.7 Å². The molecular weight excluding hydrogens is 172 g/mol. The number of rotatable bonds is 0. The molecule has 2 saturated carbocycles. The average molecular weight is 196 g/mol. The summed E-state index contributed by atoms with van der Waals surface area (Å²) >= 11 is 0. The molecule has 2 fully saturated rings. The van der Waals surface area contributed by atoms with E-state index in [0.29, 0.717) is 10.8 Å². The van der Waals surface area contributed by atoms with E-state index in [2.05, 4.69) is 20.8 Å². The molecule has 0 aromatic carbocycles. The van der Waals surface area contributed by atoms with Crippen molar-refractivity contribution in [3.05, 3.63) is 0 Å². The van der Waals surface area contributed by atoms with E-state index in [1.807, 2.05) is 0 Å². The highest BCUT2D eigenvalue weighted by Gasteiger charge is 2.48. The summed E-state index contributed by atoms with van der Waals surface area (Å²) in [6.07, 6.45) is 7.36. The Labute approximate surface area is 87.9 Å². The number of hydrogen-bond acceptors (Lipinski definition) is 1. The summed E-state index contributed by atoms with van der Waals surface area (Å²) in [7, 11) is 0. The number of fused-ring (bicyclic) bond motifs is 1. The van der Waals surface area contributed by atoms with Crippen molar-refractivity contribution in [2.75, 3.05) is 0 Å². The molecule has 82 valence electrons. The number of aliphatic hydroxyl groups is 1. The maximum atomic E-state index is 9.78. The van der Waals surface area contributed by atoms with Crippen LogP contribution in [0.5, 0.6) is 0 Å². The van der Waals surface area contributed by atoms with Gasteiger partial charge < -0.3 is 5.11 Å². The zero-order valence-electron chi connectivity index (χ0n) is 9.84. The van der Waals surface area contributed by atoms with Crippen LogP contribution in [0.4, 0.5) is 0 Å². The Bertz CT molecular complexity index is 221. The van der Waals surface area contributed by atoms with Gasteiger partial charge >= 0.3 is 0 Å². The van der Waals surface area contributed by atoms with Gasteiger partial charge in [-0.05, 0) is 48.9 Å². The second kappa shape index (κ2) is 3.23. The third kappa shape index (κ3) is 1.60. The molecule has 0 amide bonds. The van der Waals surface area contributed by atoms with E-state index in [-0.39, 0.29) is 6.10 Å². The van der Waals surface area contributed by atoms with Gasteiger partial charge in [-0.25, -0.2) is 0 Å². The smallest absolute Gasteiger partial charge is 0.0545 e. The molecule has 1 nitrogen and oxygen atoms in total. The van der Waals surface area contributed by atoms with Crippen LogP contribution in [0.2, 0.25) is 0 Å². The molecule has 0 bridgehead atoms. The van der Waals surface area contributed by atoms with Crippen LogP contribution in [-0.4, -0.2) is 11.2 Å². The van der Waals surface area contributed by atoms with Gasteiger partial charge in [0.15, 0.2) is 0 Å². The lowest BCUT2D eigenvalue weighted by Crippen LogP contribution is -2.47. The Hall–Kier alpha value is -0.0400. The molecule has 2 aliphatic rings. The second-order valence-corrected chi connectivity index (χ2v) is 6.48. The van der Waals surface area contributed by atoms with Crippen molar-refractivity contribution in [3.8, 4) is 0 Å². The Morgan fingerprint density at radius 2 is 1.79 bits per heavy atom. The van der Waals surface area contributed by atoms with E-state index in [1.165, 1.54) is 25.7 Å². The summed E-state index contributed by atoms with van der Waals surface area (Å²) in [5.74, 6) is 0.840. The average Bonchev–Trinajstić information content (AvgIpc) is 2.00. The van der Waals surface area contributed by atoms with Crippen molar-refractivity contribution in [1.82, 2.24) is 0 Å². The summed E-state index contributed by atoms with van der Waals surface area (Å²) in [6.45, 7) is 7.25. The van der Waals surface area contributed by atoms with E-state index in [9.17, 15) is 5.11 Å². The molecular formula is C13H24O. The third-order valence-electron chi connectivity index (χ3n) is 4.84. The van der Waals surface area contributed by atoms with Crippen LogP contribution in [-0.2, 0) is 0 Å². The van der Waals surface area contributed by atoms with Crippen molar-refractivity contribution < 1.29 is 5.11 Å². The molecule has 3 atom stereocenters. The lowest BCUT2D eigenvalue weighted by atomic mass is 9.51. The van der Waals surface area contributed by atoms with E-state index in [0.717, 1.165) is 18.8 Å². The molecule has 0 heterocycles. The SMILES string of the molecule is CC1(C)CCC[C@]2(C)C[C@@H](O)CC[C@@H]12. The highest BCUT2D eigenvalue weighted by atomic mass is 16.3. The van der Waals surface area contributed by atoms with Crippen LogP contribution in [0.25, 0.3) is 0 Å². The molecule has 0 aromatic heterocycles. The van der Waals surface area contributed by atoms with Gasteiger partial charge in [-0.1, -0.05) is 27.2 Å². The summed E-state index contributed by atoms with van der Waals surface area (Å²) in [4.78, 5) is 0. The van der Waals surface area contributed by atoms with Crippen LogP contribution >= 0.6 is 0 Å². The van der Waals surface area contributed by atoms with Crippen molar-refractivity contribution in [1.29, 1.82) is 0 Å². The fraction of sp³-hybridized carbons (Fsp3) is 1.00. The number of hydrogen-bond donors (Lipinski definition) is 1. The largest absolute Gasteiger partial charge is 0.393 e. The molecule has 2 rings (SSSR count).